The Morgan fingerprint density at radius 1 is 0.971 bits per heavy atom. The first-order chi connectivity index (χ1) is 16.8. The minimum absolute atomic E-state index is 0.0222. The predicted octanol–water partition coefficient (Wildman–Crippen LogP) is 3.26. The molecule has 3 aromatic rings. The van der Waals surface area contributed by atoms with Gasteiger partial charge in [-0.2, -0.15) is 4.31 Å². The molecular weight excluding hydrogens is 464 g/mol. The average molecular weight is 493 g/mol. The lowest BCUT2D eigenvalue weighted by Crippen LogP contribution is -2.36. The van der Waals surface area contributed by atoms with Gasteiger partial charge in [-0.3, -0.25) is 4.79 Å². The fourth-order valence-corrected chi connectivity index (χ4v) is 5.57. The number of nitrogens with zero attached hydrogens (tertiary/aromatic N) is 1. The monoisotopic (exact) mass is 492 g/mol. The van der Waals surface area contributed by atoms with Gasteiger partial charge in [0.1, 0.15) is 0 Å². The Labute approximate surface area is 205 Å². The van der Waals surface area contributed by atoms with E-state index >= 15 is 0 Å². The number of esters is 1. The van der Waals surface area contributed by atoms with Crippen molar-refractivity contribution in [1.82, 2.24) is 9.62 Å². The lowest BCUT2D eigenvalue weighted by Gasteiger charge is -2.28. The van der Waals surface area contributed by atoms with E-state index in [9.17, 15) is 18.0 Å². The summed E-state index contributed by atoms with van der Waals surface area (Å²) in [5, 5.41) is 2.73. The van der Waals surface area contributed by atoms with Crippen LogP contribution in [0, 0.1) is 6.92 Å². The number of fused-ring (bicyclic) bond motifs is 1. The highest BCUT2D eigenvalue weighted by atomic mass is 32.2. The quantitative estimate of drug-likeness (QED) is 0.488. The molecule has 4 rings (SSSR count). The van der Waals surface area contributed by atoms with E-state index in [1.54, 1.807) is 0 Å². The van der Waals surface area contributed by atoms with E-state index in [4.69, 9.17) is 4.74 Å². The zero-order chi connectivity index (χ0) is 24.8. The number of carbonyl (C=O) groups excluding carboxylic acids is 2. The van der Waals surface area contributed by atoms with Crippen molar-refractivity contribution in [2.75, 3.05) is 19.7 Å². The zero-order valence-electron chi connectivity index (χ0n) is 19.6. The van der Waals surface area contributed by atoms with Crippen LogP contribution in [0.5, 0.6) is 0 Å². The molecule has 1 aliphatic heterocycles. The van der Waals surface area contributed by atoms with Crippen LogP contribution in [0.3, 0.4) is 0 Å². The Morgan fingerprint density at radius 2 is 1.71 bits per heavy atom. The van der Waals surface area contributed by atoms with Crippen LogP contribution in [-0.2, 0) is 38.9 Å². The molecule has 0 saturated heterocycles. The number of sulfonamides is 1. The largest absolute Gasteiger partial charge is 0.452 e. The van der Waals surface area contributed by atoms with Gasteiger partial charge in [0.25, 0.3) is 5.91 Å². The second kappa shape index (κ2) is 10.8. The summed E-state index contributed by atoms with van der Waals surface area (Å²) in [6.07, 6.45) is 1.31. The highest BCUT2D eigenvalue weighted by Gasteiger charge is 2.28. The Balaban J connectivity index is 1.33. The van der Waals surface area contributed by atoms with E-state index in [1.807, 2.05) is 55.5 Å². The molecule has 8 heteroatoms. The number of amides is 1. The molecule has 0 aromatic heterocycles. The molecule has 1 aliphatic rings. The highest BCUT2D eigenvalue weighted by molar-refractivity contribution is 7.89. The van der Waals surface area contributed by atoms with Gasteiger partial charge in [0.2, 0.25) is 10.0 Å². The molecule has 0 radical (unpaired) electrons. The first-order valence-corrected chi connectivity index (χ1v) is 12.9. The molecule has 0 saturated carbocycles. The maximum absolute atomic E-state index is 13.2. The van der Waals surface area contributed by atoms with Crippen LogP contribution in [0.2, 0.25) is 0 Å². The van der Waals surface area contributed by atoms with Crippen molar-refractivity contribution in [2.45, 2.75) is 31.2 Å². The van der Waals surface area contributed by atoms with Gasteiger partial charge in [-0.25, -0.2) is 13.2 Å². The maximum Gasteiger partial charge on any atom is 0.338 e. The van der Waals surface area contributed by atoms with Gasteiger partial charge in [-0.1, -0.05) is 54.6 Å². The van der Waals surface area contributed by atoms with E-state index in [2.05, 4.69) is 5.32 Å². The van der Waals surface area contributed by atoms with Crippen LogP contribution in [0.25, 0.3) is 0 Å². The van der Waals surface area contributed by atoms with Gasteiger partial charge < -0.3 is 10.1 Å². The Kier molecular flexibility index (Phi) is 7.63. The number of nitrogens with one attached hydrogen (secondary N) is 1. The normalized spacial score (nSPS) is 13.6. The minimum Gasteiger partial charge on any atom is -0.452 e. The summed E-state index contributed by atoms with van der Waals surface area (Å²) in [6.45, 7) is 2.66. The third kappa shape index (κ3) is 5.96. The number of hydrogen-bond acceptors (Lipinski definition) is 5. The third-order valence-electron chi connectivity index (χ3n) is 6.12. The zero-order valence-corrected chi connectivity index (χ0v) is 20.4. The molecule has 0 atom stereocenters. The van der Waals surface area contributed by atoms with Crippen molar-refractivity contribution >= 4 is 21.9 Å². The van der Waals surface area contributed by atoms with Crippen LogP contribution in [0.1, 0.15) is 32.6 Å². The van der Waals surface area contributed by atoms with Crippen LogP contribution in [-0.4, -0.2) is 44.3 Å². The Morgan fingerprint density at radius 3 is 2.51 bits per heavy atom. The van der Waals surface area contributed by atoms with Crippen LogP contribution in [0.4, 0.5) is 0 Å². The van der Waals surface area contributed by atoms with E-state index in [0.717, 1.165) is 22.3 Å². The summed E-state index contributed by atoms with van der Waals surface area (Å²) in [7, 11) is -3.79. The molecule has 1 heterocycles. The first kappa shape index (κ1) is 24.6. The Hall–Kier alpha value is -3.49. The summed E-state index contributed by atoms with van der Waals surface area (Å²) in [5.74, 6) is -1.16. The summed E-state index contributed by atoms with van der Waals surface area (Å²) in [6, 6.07) is 21.4. The number of carbonyl (C=O) groups is 2. The van der Waals surface area contributed by atoms with Gasteiger partial charge >= 0.3 is 5.97 Å². The third-order valence-corrected chi connectivity index (χ3v) is 7.96. The first-order valence-electron chi connectivity index (χ1n) is 11.5. The molecule has 3 aromatic carbocycles. The van der Waals surface area contributed by atoms with Crippen LogP contribution < -0.4 is 5.32 Å². The topological polar surface area (TPSA) is 92.8 Å². The molecule has 0 spiro atoms. The molecule has 0 bridgehead atoms. The van der Waals surface area contributed by atoms with Gasteiger partial charge in [-0.05, 0) is 60.2 Å². The van der Waals surface area contributed by atoms with Crippen molar-refractivity contribution in [3.63, 3.8) is 0 Å². The number of benzene rings is 3. The van der Waals surface area contributed by atoms with E-state index in [0.29, 0.717) is 25.9 Å². The second-order valence-electron chi connectivity index (χ2n) is 8.49. The summed E-state index contributed by atoms with van der Waals surface area (Å²) < 4.78 is 32.9. The molecule has 182 valence electrons. The molecular formula is C27H28N2O5S. The number of rotatable bonds is 8. The standard InChI is InChI=1S/C27H28N2O5S/c1-20-7-2-3-8-21(20)13-15-28-26(30)19-34-27(31)23-11-6-12-25(17-23)35(32,33)29-16-14-22-9-4-5-10-24(22)18-29/h2-12,17H,13-16,18-19H2,1H3,(H,28,30). The van der Waals surface area contributed by atoms with E-state index in [1.165, 1.54) is 28.6 Å². The lowest BCUT2D eigenvalue weighted by atomic mass is 10.0. The molecule has 0 aliphatic carbocycles. The van der Waals surface area contributed by atoms with Crippen LogP contribution >= 0.6 is 0 Å². The number of hydrogen-bond donors (Lipinski definition) is 1. The van der Waals surface area contributed by atoms with E-state index < -0.39 is 28.5 Å². The Bertz CT molecular complexity index is 1340. The van der Waals surface area contributed by atoms with Crippen molar-refractivity contribution < 1.29 is 22.7 Å². The second-order valence-corrected chi connectivity index (χ2v) is 10.4. The summed E-state index contributed by atoms with van der Waals surface area (Å²) in [5.41, 5.74) is 4.49. The summed E-state index contributed by atoms with van der Waals surface area (Å²) in [4.78, 5) is 24.6. The summed E-state index contributed by atoms with van der Waals surface area (Å²) >= 11 is 0. The fourth-order valence-electron chi connectivity index (χ4n) is 4.10. The van der Waals surface area contributed by atoms with Gasteiger partial charge in [-0.15, -0.1) is 0 Å². The smallest absolute Gasteiger partial charge is 0.338 e. The SMILES string of the molecule is Cc1ccccc1CCNC(=O)COC(=O)c1cccc(S(=O)(=O)N2CCc3ccccc3C2)c1. The van der Waals surface area contributed by atoms with Crippen molar-refractivity contribution in [3.8, 4) is 0 Å². The molecule has 0 unspecified atom stereocenters. The van der Waals surface area contributed by atoms with Crippen LogP contribution in [0.15, 0.2) is 77.7 Å². The van der Waals surface area contributed by atoms with Crippen molar-refractivity contribution in [2.24, 2.45) is 0 Å². The number of ether oxygens (including phenoxy) is 1. The van der Waals surface area contributed by atoms with Gasteiger partial charge in [0.05, 0.1) is 10.5 Å². The van der Waals surface area contributed by atoms with Crippen molar-refractivity contribution in [3.05, 3.63) is 101 Å². The molecule has 1 amide bonds. The molecule has 35 heavy (non-hydrogen) atoms. The van der Waals surface area contributed by atoms with Crippen molar-refractivity contribution in [1.29, 1.82) is 0 Å². The van der Waals surface area contributed by atoms with E-state index in [-0.39, 0.29) is 17.0 Å². The molecule has 0 fully saturated rings. The predicted molar refractivity (Wildman–Crippen MR) is 132 cm³/mol. The lowest BCUT2D eigenvalue weighted by molar-refractivity contribution is -0.124. The number of aryl methyl sites for hydroxylation is 1. The average Bonchev–Trinajstić information content (AvgIpc) is 2.88. The van der Waals surface area contributed by atoms with Gasteiger partial charge in [0, 0.05) is 19.6 Å². The maximum atomic E-state index is 13.2. The highest BCUT2D eigenvalue weighted by Crippen LogP contribution is 2.25. The molecule has 7 nitrogen and oxygen atoms in total. The molecule has 1 N–H and O–H groups in total. The minimum atomic E-state index is -3.79. The fraction of sp³-hybridized carbons (Fsp3) is 0.259. The van der Waals surface area contributed by atoms with Gasteiger partial charge in [0.15, 0.2) is 6.61 Å².